The van der Waals surface area contributed by atoms with E-state index in [9.17, 15) is 14.4 Å². The van der Waals surface area contributed by atoms with Gasteiger partial charge in [-0.3, -0.25) is 4.79 Å². The fourth-order valence-electron chi connectivity index (χ4n) is 2.52. The van der Waals surface area contributed by atoms with Crippen molar-refractivity contribution in [3.05, 3.63) is 35.9 Å². The summed E-state index contributed by atoms with van der Waals surface area (Å²) in [7, 11) is 0. The molecule has 0 radical (unpaired) electrons. The number of rotatable bonds is 10. The van der Waals surface area contributed by atoms with E-state index in [-0.39, 0.29) is 24.3 Å². The van der Waals surface area contributed by atoms with E-state index in [4.69, 9.17) is 4.74 Å². The van der Waals surface area contributed by atoms with Crippen molar-refractivity contribution in [3.8, 4) is 0 Å². The number of benzene rings is 1. The fourth-order valence-corrected chi connectivity index (χ4v) is 2.52. The van der Waals surface area contributed by atoms with Crippen LogP contribution in [0, 0.1) is 11.8 Å². The molecule has 26 heavy (non-hydrogen) atoms. The molecule has 0 fully saturated rings. The largest absolute Gasteiger partial charge is 0.445 e. The van der Waals surface area contributed by atoms with E-state index in [1.54, 1.807) is 0 Å². The Labute approximate surface area is 155 Å². The van der Waals surface area contributed by atoms with E-state index in [1.165, 1.54) is 0 Å². The van der Waals surface area contributed by atoms with Crippen LogP contribution in [0.5, 0.6) is 0 Å². The molecule has 0 aromatic heterocycles. The normalized spacial score (nSPS) is 14.2. The molecule has 6 nitrogen and oxygen atoms in total. The van der Waals surface area contributed by atoms with Gasteiger partial charge in [0.25, 0.3) is 0 Å². The molecule has 0 heterocycles. The van der Waals surface area contributed by atoms with Crippen LogP contribution in [0.15, 0.2) is 30.3 Å². The SMILES string of the molecule is CC[C@@H](C)[C@@H](NC(=O)OCc1ccccc1)C(=O)N[C@@H](C=O)CC(C)C. The lowest BCUT2D eigenvalue weighted by atomic mass is 9.97. The van der Waals surface area contributed by atoms with Crippen molar-refractivity contribution in [2.45, 2.75) is 59.2 Å². The maximum atomic E-state index is 12.6. The van der Waals surface area contributed by atoms with Gasteiger partial charge < -0.3 is 20.2 Å². The van der Waals surface area contributed by atoms with Crippen molar-refractivity contribution < 1.29 is 19.1 Å². The van der Waals surface area contributed by atoms with Crippen molar-refractivity contribution in [2.75, 3.05) is 0 Å². The molecular weight excluding hydrogens is 332 g/mol. The van der Waals surface area contributed by atoms with Crippen molar-refractivity contribution in [1.29, 1.82) is 0 Å². The Kier molecular flexibility index (Phi) is 9.41. The van der Waals surface area contributed by atoms with Crippen LogP contribution in [0.2, 0.25) is 0 Å². The van der Waals surface area contributed by atoms with Gasteiger partial charge in [-0.25, -0.2) is 4.79 Å². The van der Waals surface area contributed by atoms with Gasteiger partial charge in [-0.1, -0.05) is 64.4 Å². The number of carbonyl (C=O) groups is 3. The quantitative estimate of drug-likeness (QED) is 0.627. The summed E-state index contributed by atoms with van der Waals surface area (Å²) in [6.07, 6.45) is 1.34. The van der Waals surface area contributed by atoms with Crippen molar-refractivity contribution in [1.82, 2.24) is 10.6 Å². The minimum absolute atomic E-state index is 0.0920. The average molecular weight is 362 g/mol. The van der Waals surface area contributed by atoms with E-state index >= 15 is 0 Å². The number of ether oxygens (including phenoxy) is 1. The second-order valence-corrected chi connectivity index (χ2v) is 6.95. The molecule has 1 rings (SSSR count). The summed E-state index contributed by atoms with van der Waals surface area (Å²) in [5.74, 6) is -0.185. The molecule has 0 saturated carbocycles. The van der Waals surface area contributed by atoms with Gasteiger partial charge in [-0.05, 0) is 23.8 Å². The zero-order chi connectivity index (χ0) is 19.5. The third-order valence-electron chi connectivity index (χ3n) is 4.20. The van der Waals surface area contributed by atoms with Gasteiger partial charge in [-0.15, -0.1) is 0 Å². The van der Waals surface area contributed by atoms with E-state index in [0.29, 0.717) is 12.8 Å². The molecule has 0 aliphatic rings. The predicted octanol–water partition coefficient (Wildman–Crippen LogP) is 3.06. The molecule has 1 aromatic carbocycles. The lowest BCUT2D eigenvalue weighted by molar-refractivity contribution is -0.127. The van der Waals surface area contributed by atoms with Gasteiger partial charge in [0.15, 0.2) is 0 Å². The van der Waals surface area contributed by atoms with Crippen LogP contribution < -0.4 is 10.6 Å². The first kappa shape index (κ1) is 21.7. The number of aldehydes is 1. The van der Waals surface area contributed by atoms with E-state index in [2.05, 4.69) is 10.6 Å². The van der Waals surface area contributed by atoms with Crippen molar-refractivity contribution in [2.24, 2.45) is 11.8 Å². The Hall–Kier alpha value is -2.37. The van der Waals surface area contributed by atoms with Gasteiger partial charge in [0.1, 0.15) is 18.9 Å². The topological polar surface area (TPSA) is 84.5 Å². The number of alkyl carbamates (subject to hydrolysis) is 1. The number of hydrogen-bond acceptors (Lipinski definition) is 4. The third-order valence-corrected chi connectivity index (χ3v) is 4.20. The highest BCUT2D eigenvalue weighted by Gasteiger charge is 2.28. The van der Waals surface area contributed by atoms with E-state index < -0.39 is 18.2 Å². The molecule has 3 atom stereocenters. The molecule has 0 aliphatic carbocycles. The standard InChI is InChI=1S/C20H30N2O4/c1-5-15(4)18(19(24)21-17(12-23)11-14(2)3)22-20(25)26-13-16-9-7-6-8-10-16/h6-10,12,14-15,17-18H,5,11,13H2,1-4H3,(H,21,24)(H,22,25)/t15-,17-,18-/m1/s1. The average Bonchev–Trinajstić information content (AvgIpc) is 2.63. The monoisotopic (exact) mass is 362 g/mol. The summed E-state index contributed by atoms with van der Waals surface area (Å²) >= 11 is 0. The summed E-state index contributed by atoms with van der Waals surface area (Å²) < 4.78 is 5.20. The summed E-state index contributed by atoms with van der Waals surface area (Å²) in [6.45, 7) is 7.90. The number of carbonyl (C=O) groups excluding carboxylic acids is 3. The highest BCUT2D eigenvalue weighted by atomic mass is 16.5. The van der Waals surface area contributed by atoms with Gasteiger partial charge in [0, 0.05) is 0 Å². The smallest absolute Gasteiger partial charge is 0.408 e. The summed E-state index contributed by atoms with van der Waals surface area (Å²) in [4.78, 5) is 35.9. The molecule has 0 aliphatic heterocycles. The maximum absolute atomic E-state index is 12.6. The van der Waals surface area contributed by atoms with Crippen LogP contribution in [0.25, 0.3) is 0 Å². The molecule has 6 heteroatoms. The Bertz CT molecular complexity index is 574. The molecular formula is C20H30N2O4. The second-order valence-electron chi connectivity index (χ2n) is 6.95. The van der Waals surface area contributed by atoms with Crippen LogP contribution in [-0.2, 0) is 20.9 Å². The summed E-state index contributed by atoms with van der Waals surface area (Å²) in [5, 5.41) is 5.35. The van der Waals surface area contributed by atoms with Crippen LogP contribution in [0.3, 0.4) is 0 Å². The van der Waals surface area contributed by atoms with Crippen LogP contribution in [0.4, 0.5) is 4.79 Å². The molecule has 0 unspecified atom stereocenters. The van der Waals surface area contributed by atoms with Crippen molar-refractivity contribution in [3.63, 3.8) is 0 Å². The van der Waals surface area contributed by atoms with Gasteiger partial charge in [0.2, 0.25) is 5.91 Å². The molecule has 0 saturated heterocycles. The number of nitrogens with one attached hydrogen (secondary N) is 2. The first-order valence-electron chi connectivity index (χ1n) is 9.10. The molecule has 0 spiro atoms. The lowest BCUT2D eigenvalue weighted by Crippen LogP contribution is -2.53. The number of amides is 2. The first-order valence-corrected chi connectivity index (χ1v) is 9.10. The molecule has 1 aromatic rings. The third kappa shape index (κ3) is 7.68. The van der Waals surface area contributed by atoms with Gasteiger partial charge in [-0.2, -0.15) is 0 Å². The minimum Gasteiger partial charge on any atom is -0.445 e. The molecule has 2 amide bonds. The maximum Gasteiger partial charge on any atom is 0.408 e. The molecule has 144 valence electrons. The lowest BCUT2D eigenvalue weighted by Gasteiger charge is -2.25. The van der Waals surface area contributed by atoms with Gasteiger partial charge >= 0.3 is 6.09 Å². The van der Waals surface area contributed by atoms with Crippen LogP contribution in [-0.4, -0.2) is 30.4 Å². The summed E-state index contributed by atoms with van der Waals surface area (Å²) in [5.41, 5.74) is 0.866. The van der Waals surface area contributed by atoms with Crippen molar-refractivity contribution >= 4 is 18.3 Å². The second kappa shape index (κ2) is 11.3. The molecule has 0 bridgehead atoms. The highest BCUT2D eigenvalue weighted by Crippen LogP contribution is 2.10. The van der Waals surface area contributed by atoms with E-state index in [1.807, 2.05) is 58.0 Å². The number of hydrogen-bond donors (Lipinski definition) is 2. The Morgan fingerprint density at radius 3 is 2.31 bits per heavy atom. The zero-order valence-corrected chi connectivity index (χ0v) is 16.0. The first-order chi connectivity index (χ1) is 12.4. The van der Waals surface area contributed by atoms with E-state index in [0.717, 1.165) is 11.8 Å². The Morgan fingerprint density at radius 2 is 1.77 bits per heavy atom. The minimum atomic E-state index is -0.752. The zero-order valence-electron chi connectivity index (χ0n) is 16.0. The Balaban J connectivity index is 2.65. The predicted molar refractivity (Wildman–Crippen MR) is 100 cm³/mol. The molecule has 2 N–H and O–H groups in total. The Morgan fingerprint density at radius 1 is 1.12 bits per heavy atom. The van der Waals surface area contributed by atoms with Crippen LogP contribution >= 0.6 is 0 Å². The van der Waals surface area contributed by atoms with Crippen LogP contribution in [0.1, 0.15) is 46.1 Å². The summed E-state index contributed by atoms with van der Waals surface area (Å²) in [6, 6.07) is 8.00. The fraction of sp³-hybridized carbons (Fsp3) is 0.550. The highest BCUT2D eigenvalue weighted by molar-refractivity contribution is 5.87. The van der Waals surface area contributed by atoms with Gasteiger partial charge in [0.05, 0.1) is 6.04 Å².